The Labute approximate surface area is 118 Å². The van der Waals surface area contributed by atoms with Gasteiger partial charge >= 0.3 is 5.97 Å². The highest BCUT2D eigenvalue weighted by Crippen LogP contribution is 2.19. The molecule has 1 rings (SSSR count). The van der Waals surface area contributed by atoms with Crippen LogP contribution in [0, 0.1) is 0 Å². The van der Waals surface area contributed by atoms with Gasteiger partial charge in [0.15, 0.2) is 0 Å². The molecular weight excluding hydrogens is 266 g/mol. The maximum atomic E-state index is 10.9. The molecule has 0 saturated heterocycles. The number of benzene rings is 1. The number of carboxylic acid groups (broad SMARTS) is 1. The van der Waals surface area contributed by atoms with Crippen LogP contribution in [-0.4, -0.2) is 37.4 Å². The molecule has 1 N–H and O–H groups in total. The molecule has 0 heterocycles. The normalized spacial score (nSPS) is 10.4. The van der Waals surface area contributed by atoms with Crippen molar-refractivity contribution in [3.63, 3.8) is 0 Å². The number of hydrogen-bond donors (Lipinski definition) is 1. The third-order valence-electron chi connectivity index (χ3n) is 2.65. The van der Waals surface area contributed by atoms with Crippen LogP contribution in [0.5, 0.6) is 0 Å². The summed E-state index contributed by atoms with van der Waals surface area (Å²) in [5, 5.41) is 9.54. The van der Waals surface area contributed by atoms with Crippen LogP contribution in [0.15, 0.2) is 24.3 Å². The summed E-state index contributed by atoms with van der Waals surface area (Å²) in [6, 6.07) is 7.18. The van der Waals surface area contributed by atoms with Crippen molar-refractivity contribution in [3.05, 3.63) is 29.3 Å². The minimum Gasteiger partial charge on any atom is -0.480 e. The molecule has 0 unspecified atom stereocenters. The van der Waals surface area contributed by atoms with E-state index in [1.807, 2.05) is 12.1 Å². The molecule has 0 fully saturated rings. The molecule has 0 atom stereocenters. The van der Waals surface area contributed by atoms with Gasteiger partial charge in [0.2, 0.25) is 0 Å². The van der Waals surface area contributed by atoms with Crippen LogP contribution in [0.4, 0.5) is 5.69 Å². The molecule has 0 radical (unpaired) electrons. The van der Waals surface area contributed by atoms with E-state index in [2.05, 4.69) is 6.92 Å². The van der Waals surface area contributed by atoms with Gasteiger partial charge in [0, 0.05) is 23.9 Å². The van der Waals surface area contributed by atoms with Crippen LogP contribution < -0.4 is 4.90 Å². The van der Waals surface area contributed by atoms with Crippen molar-refractivity contribution in [3.8, 4) is 0 Å². The number of carbonyl (C=O) groups is 1. The first-order valence-electron chi connectivity index (χ1n) is 6.43. The highest BCUT2D eigenvalue weighted by Gasteiger charge is 2.10. The molecular formula is C14H20ClNO3. The van der Waals surface area contributed by atoms with Crippen LogP contribution in [0.2, 0.25) is 5.02 Å². The molecule has 19 heavy (non-hydrogen) atoms. The first-order chi connectivity index (χ1) is 9.13. The van der Waals surface area contributed by atoms with Gasteiger partial charge in [-0.3, -0.25) is 4.79 Å². The van der Waals surface area contributed by atoms with E-state index >= 15 is 0 Å². The second-order valence-corrected chi connectivity index (χ2v) is 4.70. The van der Waals surface area contributed by atoms with E-state index in [9.17, 15) is 4.79 Å². The van der Waals surface area contributed by atoms with Gasteiger partial charge in [0.25, 0.3) is 0 Å². The van der Waals surface area contributed by atoms with Crippen LogP contribution in [-0.2, 0) is 9.53 Å². The van der Waals surface area contributed by atoms with Gasteiger partial charge in [-0.1, -0.05) is 31.0 Å². The summed E-state index contributed by atoms with van der Waals surface area (Å²) in [5.74, 6) is -0.867. The van der Waals surface area contributed by atoms with Crippen molar-refractivity contribution in [2.24, 2.45) is 0 Å². The van der Waals surface area contributed by atoms with Crippen molar-refractivity contribution in [2.75, 3.05) is 31.2 Å². The lowest BCUT2D eigenvalue weighted by Crippen LogP contribution is -2.32. The Balaban J connectivity index is 2.54. The van der Waals surface area contributed by atoms with Crippen LogP contribution in [0.1, 0.15) is 19.8 Å². The van der Waals surface area contributed by atoms with Crippen molar-refractivity contribution < 1.29 is 14.6 Å². The molecule has 4 nitrogen and oxygen atoms in total. The summed E-state index contributed by atoms with van der Waals surface area (Å²) in [4.78, 5) is 12.6. The molecule has 0 aliphatic rings. The number of ether oxygens (including phenoxy) is 1. The Bertz CT molecular complexity index is 398. The van der Waals surface area contributed by atoms with Crippen molar-refractivity contribution >= 4 is 23.3 Å². The van der Waals surface area contributed by atoms with Gasteiger partial charge in [-0.05, 0) is 24.6 Å². The molecule has 0 bridgehead atoms. The fourth-order valence-corrected chi connectivity index (χ4v) is 1.84. The summed E-state index contributed by atoms with van der Waals surface area (Å²) in [6.07, 6.45) is 2.11. The third kappa shape index (κ3) is 6.45. The lowest BCUT2D eigenvalue weighted by atomic mass is 10.3. The maximum Gasteiger partial charge on any atom is 0.323 e. The molecule has 0 aromatic heterocycles. The minimum absolute atomic E-state index is 0.0581. The average molecular weight is 286 g/mol. The number of rotatable bonds is 9. The second-order valence-electron chi connectivity index (χ2n) is 4.26. The van der Waals surface area contributed by atoms with Crippen molar-refractivity contribution in [1.29, 1.82) is 0 Å². The zero-order valence-corrected chi connectivity index (χ0v) is 11.9. The lowest BCUT2D eigenvalue weighted by Gasteiger charge is -2.23. The molecule has 0 aliphatic heterocycles. The Hall–Kier alpha value is -1.26. The van der Waals surface area contributed by atoms with Crippen LogP contribution in [0.25, 0.3) is 0 Å². The van der Waals surface area contributed by atoms with E-state index in [0.29, 0.717) is 24.8 Å². The molecule has 106 valence electrons. The summed E-state index contributed by atoms with van der Waals surface area (Å²) in [6.45, 7) is 3.81. The molecule has 1 aromatic rings. The topological polar surface area (TPSA) is 49.8 Å². The Morgan fingerprint density at radius 1 is 1.42 bits per heavy atom. The van der Waals surface area contributed by atoms with E-state index in [-0.39, 0.29) is 6.54 Å². The molecule has 0 aliphatic carbocycles. The monoisotopic (exact) mass is 285 g/mol. The Kier molecular flexibility index (Phi) is 7.30. The van der Waals surface area contributed by atoms with E-state index in [1.165, 1.54) is 0 Å². The quantitative estimate of drug-likeness (QED) is 0.709. The van der Waals surface area contributed by atoms with Crippen molar-refractivity contribution in [1.82, 2.24) is 0 Å². The highest BCUT2D eigenvalue weighted by atomic mass is 35.5. The van der Waals surface area contributed by atoms with Gasteiger partial charge in [-0.25, -0.2) is 0 Å². The van der Waals surface area contributed by atoms with Crippen LogP contribution in [0.3, 0.4) is 0 Å². The smallest absolute Gasteiger partial charge is 0.323 e. The van der Waals surface area contributed by atoms with Gasteiger partial charge < -0.3 is 14.7 Å². The van der Waals surface area contributed by atoms with Gasteiger partial charge in [-0.15, -0.1) is 0 Å². The third-order valence-corrected chi connectivity index (χ3v) is 2.88. The lowest BCUT2D eigenvalue weighted by molar-refractivity contribution is -0.135. The predicted octanol–water partition coefficient (Wildman–Crippen LogP) is 3.05. The summed E-state index contributed by atoms with van der Waals surface area (Å²) in [7, 11) is 0. The molecule has 1 aromatic carbocycles. The molecule has 0 spiro atoms. The zero-order valence-electron chi connectivity index (χ0n) is 11.1. The van der Waals surface area contributed by atoms with E-state index in [1.54, 1.807) is 17.0 Å². The number of halogens is 1. The largest absolute Gasteiger partial charge is 0.480 e. The minimum atomic E-state index is -0.867. The number of anilines is 1. The number of nitrogens with zero attached hydrogens (tertiary/aromatic N) is 1. The van der Waals surface area contributed by atoms with Gasteiger partial charge in [0.1, 0.15) is 6.54 Å². The standard InChI is InChI=1S/C14H20ClNO3/c1-2-3-8-19-9-7-16(11-14(17)18)13-6-4-5-12(15)10-13/h4-6,10H,2-3,7-9,11H2,1H3,(H,17,18). The Morgan fingerprint density at radius 2 is 2.21 bits per heavy atom. The number of carboxylic acids is 1. The van der Waals surface area contributed by atoms with Crippen LogP contribution >= 0.6 is 11.6 Å². The summed E-state index contributed by atoms with van der Waals surface area (Å²) in [5.41, 5.74) is 0.800. The van der Waals surface area contributed by atoms with Gasteiger partial charge in [0.05, 0.1) is 6.61 Å². The first-order valence-corrected chi connectivity index (χ1v) is 6.81. The van der Waals surface area contributed by atoms with E-state index in [4.69, 9.17) is 21.4 Å². The van der Waals surface area contributed by atoms with Crippen molar-refractivity contribution in [2.45, 2.75) is 19.8 Å². The van der Waals surface area contributed by atoms with E-state index in [0.717, 1.165) is 18.5 Å². The fourth-order valence-electron chi connectivity index (χ4n) is 1.66. The second kappa shape index (κ2) is 8.77. The number of hydrogen-bond acceptors (Lipinski definition) is 3. The predicted molar refractivity (Wildman–Crippen MR) is 77.0 cm³/mol. The Morgan fingerprint density at radius 3 is 2.84 bits per heavy atom. The maximum absolute atomic E-state index is 10.9. The molecule has 5 heteroatoms. The average Bonchev–Trinajstić information content (AvgIpc) is 2.36. The first kappa shape index (κ1) is 15.8. The van der Waals surface area contributed by atoms with E-state index < -0.39 is 5.97 Å². The highest BCUT2D eigenvalue weighted by molar-refractivity contribution is 6.30. The SMILES string of the molecule is CCCCOCCN(CC(=O)O)c1cccc(Cl)c1. The number of aliphatic carboxylic acids is 1. The summed E-state index contributed by atoms with van der Waals surface area (Å²) >= 11 is 5.92. The fraction of sp³-hybridized carbons (Fsp3) is 0.500. The molecule has 0 saturated carbocycles. The van der Waals surface area contributed by atoms with Gasteiger partial charge in [-0.2, -0.15) is 0 Å². The number of unbranched alkanes of at least 4 members (excludes halogenated alkanes) is 1. The summed E-state index contributed by atoms with van der Waals surface area (Å²) < 4.78 is 5.47. The zero-order chi connectivity index (χ0) is 14.1. The molecule has 0 amide bonds.